The van der Waals surface area contributed by atoms with Gasteiger partial charge in [0.1, 0.15) is 4.88 Å². The minimum absolute atomic E-state index is 0.126. The number of benzene rings is 1. The molecule has 0 bridgehead atoms. The number of carbonyl (C=O) groups is 1. The van der Waals surface area contributed by atoms with Crippen molar-refractivity contribution in [3.05, 3.63) is 40.9 Å². The van der Waals surface area contributed by atoms with Crippen molar-refractivity contribution in [1.29, 1.82) is 0 Å². The van der Waals surface area contributed by atoms with Gasteiger partial charge in [-0.2, -0.15) is 0 Å². The van der Waals surface area contributed by atoms with Crippen LogP contribution < -0.4 is 4.90 Å². The van der Waals surface area contributed by atoms with Crippen LogP contribution in [-0.4, -0.2) is 33.0 Å². The number of para-hydroxylation sites is 1. The highest BCUT2D eigenvalue weighted by Gasteiger charge is 2.27. The summed E-state index contributed by atoms with van der Waals surface area (Å²) in [5, 5.41) is 16.0. The van der Waals surface area contributed by atoms with E-state index in [1.54, 1.807) is 4.90 Å². The molecule has 0 saturated heterocycles. The van der Waals surface area contributed by atoms with Gasteiger partial charge in [0, 0.05) is 18.5 Å². The molecule has 0 unspecified atom stereocenters. The molecular formula is C12H10N4O2S. The normalized spacial score (nSPS) is 16.4. The Hall–Kier alpha value is -2.28. The first-order valence-corrected chi connectivity index (χ1v) is 6.48. The van der Waals surface area contributed by atoms with Crippen molar-refractivity contribution >= 4 is 28.8 Å². The molecule has 7 heteroatoms. The van der Waals surface area contributed by atoms with E-state index in [1.165, 1.54) is 6.20 Å². The zero-order valence-corrected chi connectivity index (χ0v) is 10.7. The van der Waals surface area contributed by atoms with Crippen LogP contribution in [0.3, 0.4) is 0 Å². The summed E-state index contributed by atoms with van der Waals surface area (Å²) in [6.45, 7) is 0.479. The quantitative estimate of drug-likeness (QED) is 0.635. The third kappa shape index (κ3) is 1.97. The van der Waals surface area contributed by atoms with Crippen LogP contribution >= 0.6 is 11.5 Å². The van der Waals surface area contributed by atoms with Crippen molar-refractivity contribution in [2.24, 2.45) is 5.16 Å². The molecule has 2 aromatic rings. The minimum atomic E-state index is -0.126. The Morgan fingerprint density at radius 2 is 2.26 bits per heavy atom. The highest BCUT2D eigenvalue weighted by molar-refractivity contribution is 7.07. The average molecular weight is 274 g/mol. The van der Waals surface area contributed by atoms with Crippen LogP contribution in [0.4, 0.5) is 5.69 Å². The fourth-order valence-corrected chi connectivity index (χ4v) is 2.60. The fourth-order valence-electron chi connectivity index (χ4n) is 2.14. The maximum atomic E-state index is 12.4. The molecule has 0 fully saturated rings. The fraction of sp³-hybridized carbons (Fsp3) is 0.167. The van der Waals surface area contributed by atoms with E-state index in [2.05, 4.69) is 14.7 Å². The van der Waals surface area contributed by atoms with Gasteiger partial charge in [0.05, 0.1) is 17.6 Å². The lowest BCUT2D eigenvalue weighted by Crippen LogP contribution is -2.37. The van der Waals surface area contributed by atoms with Crippen molar-refractivity contribution in [2.45, 2.75) is 6.42 Å². The Kier molecular flexibility index (Phi) is 2.96. The molecule has 1 amide bonds. The summed E-state index contributed by atoms with van der Waals surface area (Å²) in [7, 11) is 0. The Labute approximate surface area is 113 Å². The van der Waals surface area contributed by atoms with Gasteiger partial charge in [0.25, 0.3) is 5.91 Å². The first-order chi connectivity index (χ1) is 9.31. The van der Waals surface area contributed by atoms with Gasteiger partial charge < -0.3 is 10.1 Å². The van der Waals surface area contributed by atoms with Crippen molar-refractivity contribution in [3.63, 3.8) is 0 Å². The van der Waals surface area contributed by atoms with Gasteiger partial charge in [-0.15, -0.1) is 5.10 Å². The molecule has 0 saturated carbocycles. The average Bonchev–Trinajstić information content (AvgIpc) is 2.99. The summed E-state index contributed by atoms with van der Waals surface area (Å²) >= 11 is 1.07. The first-order valence-electron chi connectivity index (χ1n) is 5.71. The molecule has 1 aliphatic rings. The number of rotatable bonds is 1. The van der Waals surface area contributed by atoms with E-state index < -0.39 is 0 Å². The molecule has 3 rings (SSSR count). The number of nitrogens with zero attached hydrogens (tertiary/aromatic N) is 4. The zero-order valence-electron chi connectivity index (χ0n) is 9.85. The summed E-state index contributed by atoms with van der Waals surface area (Å²) in [4.78, 5) is 14.5. The SMILES string of the molecule is O=C(c1cnns1)N1CCC(=NO)c2ccccc21. The molecule has 0 spiro atoms. The third-order valence-electron chi connectivity index (χ3n) is 3.02. The summed E-state index contributed by atoms with van der Waals surface area (Å²) in [5.41, 5.74) is 2.13. The Morgan fingerprint density at radius 3 is 3.00 bits per heavy atom. The van der Waals surface area contributed by atoms with Crippen molar-refractivity contribution in [2.75, 3.05) is 11.4 Å². The number of aromatic nitrogens is 2. The second kappa shape index (κ2) is 4.77. The van der Waals surface area contributed by atoms with Gasteiger partial charge >= 0.3 is 0 Å². The van der Waals surface area contributed by atoms with Gasteiger partial charge in [0.2, 0.25) is 0 Å². The molecule has 1 aromatic heterocycles. The minimum Gasteiger partial charge on any atom is -0.411 e. The molecule has 6 nitrogen and oxygen atoms in total. The predicted octanol–water partition coefficient (Wildman–Crippen LogP) is 1.77. The molecule has 1 N–H and O–H groups in total. The Bertz CT molecular complexity index is 639. The van der Waals surface area contributed by atoms with Gasteiger partial charge in [-0.3, -0.25) is 4.79 Å². The summed E-state index contributed by atoms with van der Waals surface area (Å²) in [6, 6.07) is 7.39. The maximum Gasteiger partial charge on any atom is 0.271 e. The summed E-state index contributed by atoms with van der Waals surface area (Å²) in [6.07, 6.45) is 1.98. The van der Waals surface area contributed by atoms with Crippen molar-refractivity contribution < 1.29 is 10.0 Å². The molecular weight excluding hydrogens is 264 g/mol. The van der Waals surface area contributed by atoms with Crippen molar-refractivity contribution in [3.8, 4) is 0 Å². The largest absolute Gasteiger partial charge is 0.411 e. The van der Waals surface area contributed by atoms with Crippen LogP contribution in [0.5, 0.6) is 0 Å². The Balaban J connectivity index is 2.03. The van der Waals surface area contributed by atoms with E-state index in [0.29, 0.717) is 23.6 Å². The number of carbonyl (C=O) groups excluding carboxylic acids is 1. The molecule has 19 heavy (non-hydrogen) atoms. The molecule has 1 aliphatic heterocycles. The number of hydrogen-bond acceptors (Lipinski definition) is 6. The van der Waals surface area contributed by atoms with E-state index >= 15 is 0 Å². The maximum absolute atomic E-state index is 12.4. The lowest BCUT2D eigenvalue weighted by Gasteiger charge is -2.29. The monoisotopic (exact) mass is 274 g/mol. The van der Waals surface area contributed by atoms with Gasteiger partial charge in [-0.1, -0.05) is 27.8 Å². The number of anilines is 1. The predicted molar refractivity (Wildman–Crippen MR) is 71.0 cm³/mol. The van der Waals surface area contributed by atoms with E-state index in [-0.39, 0.29) is 5.91 Å². The summed E-state index contributed by atoms with van der Waals surface area (Å²) in [5.74, 6) is -0.126. The molecule has 2 heterocycles. The van der Waals surface area contributed by atoms with E-state index in [0.717, 1.165) is 22.8 Å². The van der Waals surface area contributed by atoms with Crippen LogP contribution in [0.1, 0.15) is 21.7 Å². The first kappa shape index (κ1) is 11.8. The number of amides is 1. The molecule has 0 radical (unpaired) electrons. The number of oxime groups is 1. The topological polar surface area (TPSA) is 78.7 Å². The molecule has 0 atom stereocenters. The third-order valence-corrected chi connectivity index (χ3v) is 3.67. The highest BCUT2D eigenvalue weighted by atomic mass is 32.1. The second-order valence-electron chi connectivity index (χ2n) is 4.05. The standard InChI is InChI=1S/C12H10N4O2S/c17-12(11-7-13-15-19-11)16-6-5-9(14-18)8-3-1-2-4-10(8)16/h1-4,7,18H,5-6H2. The smallest absolute Gasteiger partial charge is 0.271 e. The molecule has 1 aromatic carbocycles. The summed E-state index contributed by atoms with van der Waals surface area (Å²) < 4.78 is 3.71. The lowest BCUT2D eigenvalue weighted by molar-refractivity contribution is 0.0990. The van der Waals surface area contributed by atoms with Gasteiger partial charge in [0.15, 0.2) is 0 Å². The van der Waals surface area contributed by atoms with Gasteiger partial charge in [-0.25, -0.2) is 0 Å². The van der Waals surface area contributed by atoms with Gasteiger partial charge in [-0.05, 0) is 17.6 Å². The Morgan fingerprint density at radius 1 is 1.42 bits per heavy atom. The number of hydrogen-bond donors (Lipinski definition) is 1. The van der Waals surface area contributed by atoms with Crippen LogP contribution in [0.25, 0.3) is 0 Å². The van der Waals surface area contributed by atoms with Crippen LogP contribution in [0.15, 0.2) is 35.6 Å². The van der Waals surface area contributed by atoms with E-state index in [4.69, 9.17) is 5.21 Å². The number of fused-ring (bicyclic) bond motifs is 1. The highest BCUT2D eigenvalue weighted by Crippen LogP contribution is 2.28. The van der Waals surface area contributed by atoms with Crippen LogP contribution in [0.2, 0.25) is 0 Å². The van der Waals surface area contributed by atoms with E-state index in [1.807, 2.05) is 24.3 Å². The van der Waals surface area contributed by atoms with Crippen LogP contribution in [-0.2, 0) is 0 Å². The van der Waals surface area contributed by atoms with E-state index in [9.17, 15) is 4.79 Å². The zero-order chi connectivity index (χ0) is 13.2. The molecule has 96 valence electrons. The molecule has 0 aliphatic carbocycles. The van der Waals surface area contributed by atoms with Crippen molar-refractivity contribution in [1.82, 2.24) is 9.59 Å². The van der Waals surface area contributed by atoms with Crippen LogP contribution in [0, 0.1) is 0 Å². The lowest BCUT2D eigenvalue weighted by atomic mass is 9.99. The second-order valence-corrected chi connectivity index (χ2v) is 4.84.